The van der Waals surface area contributed by atoms with Gasteiger partial charge in [-0.25, -0.2) is 4.98 Å². The number of fused-ring (bicyclic) bond motifs is 1. The molecule has 0 amide bonds. The van der Waals surface area contributed by atoms with Gasteiger partial charge in [-0.2, -0.15) is 0 Å². The van der Waals surface area contributed by atoms with E-state index in [-0.39, 0.29) is 0 Å². The predicted octanol–water partition coefficient (Wildman–Crippen LogP) is 3.16. The summed E-state index contributed by atoms with van der Waals surface area (Å²) in [5.41, 5.74) is 6.87. The highest BCUT2D eigenvalue weighted by molar-refractivity contribution is 7.15. The Morgan fingerprint density at radius 1 is 1.25 bits per heavy atom. The van der Waals surface area contributed by atoms with Crippen LogP contribution in [0.1, 0.15) is 44.7 Å². The predicted molar refractivity (Wildman–Crippen MR) is 73.9 cm³/mol. The number of aromatic nitrogens is 1. The van der Waals surface area contributed by atoms with Crippen LogP contribution in [0.4, 0.5) is 5.13 Å². The molecule has 0 radical (unpaired) electrons. The molecular weight excluding hydrogens is 218 g/mol. The van der Waals surface area contributed by atoms with Crippen molar-refractivity contribution in [3.05, 3.63) is 10.6 Å². The Morgan fingerprint density at radius 2 is 1.88 bits per heavy atom. The number of aryl methyl sites for hydroxylation is 1. The number of rotatable bonds is 0. The molecular formula is C12H25N3S. The molecule has 0 aromatic carbocycles. The molecule has 1 aliphatic rings. The largest absolute Gasteiger partial charge is 0.375 e. The Balaban J connectivity index is 0.000000509. The van der Waals surface area contributed by atoms with E-state index < -0.39 is 0 Å². The lowest BCUT2D eigenvalue weighted by Crippen LogP contribution is -2.16. The molecule has 0 bridgehead atoms. The van der Waals surface area contributed by atoms with Gasteiger partial charge in [-0.3, -0.25) is 0 Å². The van der Waals surface area contributed by atoms with Gasteiger partial charge in [0.2, 0.25) is 0 Å². The minimum atomic E-state index is 0.718. The van der Waals surface area contributed by atoms with Crippen molar-refractivity contribution < 1.29 is 0 Å². The fraction of sp³-hybridized carbons (Fsp3) is 0.750. The van der Waals surface area contributed by atoms with E-state index in [0.29, 0.717) is 0 Å². The maximum absolute atomic E-state index is 5.64. The summed E-state index contributed by atoms with van der Waals surface area (Å²) in [6.07, 6.45) is 2.29. The van der Waals surface area contributed by atoms with Crippen molar-refractivity contribution in [2.24, 2.45) is 0 Å². The third-order valence-electron chi connectivity index (χ3n) is 2.16. The maximum Gasteiger partial charge on any atom is 0.180 e. The minimum absolute atomic E-state index is 0.718. The van der Waals surface area contributed by atoms with Gasteiger partial charge >= 0.3 is 0 Å². The van der Waals surface area contributed by atoms with Crippen molar-refractivity contribution in [1.29, 1.82) is 0 Å². The van der Waals surface area contributed by atoms with Gasteiger partial charge in [-0.05, 0) is 26.4 Å². The van der Waals surface area contributed by atoms with Gasteiger partial charge in [-0.15, -0.1) is 11.3 Å². The highest BCUT2D eigenvalue weighted by Crippen LogP contribution is 2.25. The highest BCUT2D eigenvalue weighted by atomic mass is 32.1. The lowest BCUT2D eigenvalue weighted by Gasteiger charge is -2.10. The zero-order valence-electron chi connectivity index (χ0n) is 11.2. The molecule has 0 saturated heterocycles. The van der Waals surface area contributed by atoms with E-state index in [1.807, 2.05) is 27.7 Å². The van der Waals surface area contributed by atoms with Crippen LogP contribution in [0.15, 0.2) is 0 Å². The van der Waals surface area contributed by atoms with E-state index in [1.165, 1.54) is 23.5 Å². The third-order valence-corrected chi connectivity index (χ3v) is 3.07. The van der Waals surface area contributed by atoms with Crippen molar-refractivity contribution in [3.63, 3.8) is 0 Å². The molecule has 1 aliphatic heterocycles. The average Bonchev–Trinajstić information content (AvgIpc) is 2.55. The zero-order chi connectivity index (χ0) is 12.6. The number of thiazole rings is 1. The molecule has 0 saturated carbocycles. The summed E-state index contributed by atoms with van der Waals surface area (Å²) in [6.45, 7) is 10.2. The van der Waals surface area contributed by atoms with E-state index in [0.717, 1.165) is 18.1 Å². The van der Waals surface area contributed by atoms with Crippen LogP contribution in [0.25, 0.3) is 0 Å². The summed E-state index contributed by atoms with van der Waals surface area (Å²) in [6, 6.07) is 0. The van der Waals surface area contributed by atoms with E-state index >= 15 is 0 Å². The Bertz CT molecular complexity index is 284. The fourth-order valence-corrected chi connectivity index (χ4v) is 2.52. The second-order valence-corrected chi connectivity index (χ2v) is 4.38. The van der Waals surface area contributed by atoms with E-state index in [9.17, 15) is 0 Å². The third kappa shape index (κ3) is 4.49. The number of hydrogen-bond acceptors (Lipinski definition) is 4. The summed E-state index contributed by atoms with van der Waals surface area (Å²) >= 11 is 1.63. The molecule has 94 valence electrons. The molecule has 2 heterocycles. The monoisotopic (exact) mass is 243 g/mol. The molecule has 0 aliphatic carbocycles. The van der Waals surface area contributed by atoms with Crippen molar-refractivity contribution in [2.45, 2.75) is 47.1 Å². The fourth-order valence-electron chi connectivity index (χ4n) is 1.56. The first-order valence-corrected chi connectivity index (χ1v) is 7.00. The molecule has 2 rings (SSSR count). The number of hydrogen-bond donors (Lipinski definition) is 1. The number of nitrogens with two attached hydrogens (primary N) is 1. The lowest BCUT2D eigenvalue weighted by atomic mass is 10.2. The van der Waals surface area contributed by atoms with Gasteiger partial charge in [-0.1, -0.05) is 27.7 Å². The first kappa shape index (κ1) is 15.4. The Morgan fingerprint density at radius 3 is 2.50 bits per heavy atom. The quantitative estimate of drug-likeness (QED) is 0.761. The topological polar surface area (TPSA) is 42.2 Å². The van der Waals surface area contributed by atoms with Gasteiger partial charge in [0.05, 0.1) is 5.69 Å². The van der Waals surface area contributed by atoms with Crippen LogP contribution in [0, 0.1) is 0 Å². The minimum Gasteiger partial charge on any atom is -0.375 e. The first-order chi connectivity index (χ1) is 7.75. The van der Waals surface area contributed by atoms with Crippen molar-refractivity contribution >= 4 is 16.5 Å². The van der Waals surface area contributed by atoms with Crippen LogP contribution >= 0.6 is 11.3 Å². The molecule has 1 aromatic rings. The number of nitrogen functional groups attached to an aromatic ring is 1. The van der Waals surface area contributed by atoms with Crippen molar-refractivity contribution in [1.82, 2.24) is 9.88 Å². The second kappa shape index (κ2) is 8.53. The molecule has 0 atom stereocenters. The number of anilines is 1. The van der Waals surface area contributed by atoms with Gasteiger partial charge < -0.3 is 10.6 Å². The van der Waals surface area contributed by atoms with Crippen molar-refractivity contribution in [3.8, 4) is 0 Å². The van der Waals surface area contributed by atoms with Gasteiger partial charge in [0.1, 0.15) is 0 Å². The summed E-state index contributed by atoms with van der Waals surface area (Å²) < 4.78 is 0. The molecule has 3 nitrogen and oxygen atoms in total. The molecule has 0 unspecified atom stereocenters. The summed E-state index contributed by atoms with van der Waals surface area (Å²) in [5.74, 6) is 0. The Kier molecular flexibility index (Phi) is 8.21. The second-order valence-electron chi connectivity index (χ2n) is 3.26. The van der Waals surface area contributed by atoms with Crippen LogP contribution in [-0.2, 0) is 13.0 Å². The molecule has 16 heavy (non-hydrogen) atoms. The normalized spacial score (nSPS) is 14.8. The van der Waals surface area contributed by atoms with Crippen LogP contribution in [0.3, 0.4) is 0 Å². The summed E-state index contributed by atoms with van der Waals surface area (Å²) in [5, 5.41) is 0.718. The van der Waals surface area contributed by atoms with Crippen molar-refractivity contribution in [2.75, 3.05) is 19.3 Å². The molecule has 0 spiro atoms. The maximum atomic E-state index is 5.64. The smallest absolute Gasteiger partial charge is 0.180 e. The lowest BCUT2D eigenvalue weighted by molar-refractivity contribution is 0.334. The summed E-state index contributed by atoms with van der Waals surface area (Å²) in [7, 11) is 2.14. The van der Waals surface area contributed by atoms with Crippen LogP contribution < -0.4 is 5.73 Å². The molecule has 2 N–H and O–H groups in total. The molecule has 1 aromatic heterocycles. The van der Waals surface area contributed by atoms with E-state index in [1.54, 1.807) is 11.3 Å². The van der Waals surface area contributed by atoms with Gasteiger partial charge in [0, 0.05) is 11.4 Å². The molecule has 0 fully saturated rings. The Hall–Kier alpha value is -0.610. The highest BCUT2D eigenvalue weighted by Gasteiger charge is 2.14. The Labute approximate surface area is 104 Å². The van der Waals surface area contributed by atoms with Crippen LogP contribution in [-0.4, -0.2) is 23.5 Å². The standard InChI is InChI=1S/C8H13N3S.2C2H6/c1-11-4-2-3-6-7(5-11)12-8(9)10-6;2*1-2/h2-5H2,1H3,(H2,9,10);2*1-2H3. The molecule has 4 heteroatoms. The SMILES string of the molecule is CC.CC.CN1CCCc2nc(N)sc2C1. The number of nitrogens with zero attached hydrogens (tertiary/aromatic N) is 2. The zero-order valence-corrected chi connectivity index (χ0v) is 12.0. The van der Waals surface area contributed by atoms with E-state index in [4.69, 9.17) is 5.73 Å². The van der Waals surface area contributed by atoms with Gasteiger partial charge in [0.25, 0.3) is 0 Å². The summed E-state index contributed by atoms with van der Waals surface area (Å²) in [4.78, 5) is 7.99. The first-order valence-electron chi connectivity index (χ1n) is 6.18. The van der Waals surface area contributed by atoms with Crippen LogP contribution in [0.2, 0.25) is 0 Å². The van der Waals surface area contributed by atoms with E-state index in [2.05, 4.69) is 16.9 Å². The van der Waals surface area contributed by atoms with Gasteiger partial charge in [0.15, 0.2) is 5.13 Å². The average molecular weight is 243 g/mol. The van der Waals surface area contributed by atoms with Crippen LogP contribution in [0.5, 0.6) is 0 Å².